The van der Waals surface area contributed by atoms with Crippen molar-refractivity contribution in [2.24, 2.45) is 0 Å². The van der Waals surface area contributed by atoms with Gasteiger partial charge < -0.3 is 9.64 Å². The van der Waals surface area contributed by atoms with Crippen LogP contribution < -0.4 is 4.74 Å². The van der Waals surface area contributed by atoms with Crippen LogP contribution in [0.3, 0.4) is 0 Å². The first-order chi connectivity index (χ1) is 11.1. The summed E-state index contributed by atoms with van der Waals surface area (Å²) in [4.78, 5) is 16.7. The lowest BCUT2D eigenvalue weighted by atomic mass is 10.00. The minimum atomic E-state index is 0.259. The quantitative estimate of drug-likeness (QED) is 0.774. The SMILES string of the molecule is CCC1CCCCN1C(=O)CN(C)CCOc1ccccc1C. The van der Waals surface area contributed by atoms with Crippen molar-refractivity contribution in [3.05, 3.63) is 29.8 Å². The van der Waals surface area contributed by atoms with Crippen LogP contribution in [0.5, 0.6) is 5.75 Å². The molecule has 1 aliphatic heterocycles. The topological polar surface area (TPSA) is 32.8 Å². The standard InChI is InChI=1S/C19H30N2O2/c1-4-17-10-7-8-12-21(17)19(22)15-20(3)13-14-23-18-11-6-5-9-16(18)2/h5-6,9,11,17H,4,7-8,10,12-15H2,1-3H3. The highest BCUT2D eigenvalue weighted by Crippen LogP contribution is 2.19. The molecule has 1 saturated heterocycles. The fourth-order valence-electron chi connectivity index (χ4n) is 3.18. The number of para-hydroxylation sites is 1. The predicted octanol–water partition coefficient (Wildman–Crippen LogP) is 3.10. The molecule has 0 spiro atoms. The molecule has 0 bridgehead atoms. The molecular formula is C19H30N2O2. The average Bonchev–Trinajstić information content (AvgIpc) is 2.56. The lowest BCUT2D eigenvalue weighted by molar-refractivity contribution is -0.135. The van der Waals surface area contributed by atoms with Gasteiger partial charge in [-0.05, 0) is 51.3 Å². The number of carbonyl (C=O) groups is 1. The molecule has 1 atom stereocenters. The van der Waals surface area contributed by atoms with Crippen LogP contribution in [0.25, 0.3) is 0 Å². The lowest BCUT2D eigenvalue weighted by Crippen LogP contribution is -2.47. The molecule has 4 heteroatoms. The molecule has 1 fully saturated rings. The second-order valence-corrected chi connectivity index (χ2v) is 6.50. The highest BCUT2D eigenvalue weighted by molar-refractivity contribution is 5.78. The molecule has 0 radical (unpaired) electrons. The van der Waals surface area contributed by atoms with Gasteiger partial charge >= 0.3 is 0 Å². The summed E-state index contributed by atoms with van der Waals surface area (Å²) in [6.07, 6.45) is 4.61. The fraction of sp³-hybridized carbons (Fsp3) is 0.632. The summed E-state index contributed by atoms with van der Waals surface area (Å²) < 4.78 is 5.81. The van der Waals surface area contributed by atoms with Crippen molar-refractivity contribution in [2.75, 3.05) is 33.3 Å². The van der Waals surface area contributed by atoms with Gasteiger partial charge in [0.15, 0.2) is 0 Å². The number of ether oxygens (including phenoxy) is 1. The first-order valence-electron chi connectivity index (χ1n) is 8.78. The number of aryl methyl sites for hydroxylation is 1. The third kappa shape index (κ3) is 5.24. The summed E-state index contributed by atoms with van der Waals surface area (Å²) >= 11 is 0. The van der Waals surface area contributed by atoms with E-state index in [0.29, 0.717) is 19.2 Å². The molecule has 0 N–H and O–H groups in total. The summed E-state index contributed by atoms with van der Waals surface area (Å²) in [7, 11) is 1.99. The van der Waals surface area contributed by atoms with Crippen molar-refractivity contribution in [1.82, 2.24) is 9.80 Å². The van der Waals surface area contributed by atoms with Crippen molar-refractivity contribution < 1.29 is 9.53 Å². The van der Waals surface area contributed by atoms with E-state index in [1.54, 1.807) is 0 Å². The maximum Gasteiger partial charge on any atom is 0.236 e. The van der Waals surface area contributed by atoms with Crippen LogP contribution in [-0.2, 0) is 4.79 Å². The van der Waals surface area contributed by atoms with Gasteiger partial charge in [-0.3, -0.25) is 9.69 Å². The van der Waals surface area contributed by atoms with Gasteiger partial charge in [0, 0.05) is 19.1 Å². The molecule has 23 heavy (non-hydrogen) atoms. The molecule has 1 aliphatic rings. The van der Waals surface area contributed by atoms with Crippen LogP contribution in [0.15, 0.2) is 24.3 Å². The summed E-state index contributed by atoms with van der Waals surface area (Å²) in [6.45, 7) is 6.98. The summed E-state index contributed by atoms with van der Waals surface area (Å²) in [5, 5.41) is 0. The molecule has 0 saturated carbocycles. The minimum absolute atomic E-state index is 0.259. The summed E-state index contributed by atoms with van der Waals surface area (Å²) in [5.74, 6) is 1.18. The molecule has 2 rings (SSSR count). The Kier molecular flexibility index (Phi) is 6.90. The lowest BCUT2D eigenvalue weighted by Gasteiger charge is -2.36. The van der Waals surface area contributed by atoms with Gasteiger partial charge in [0.05, 0.1) is 6.54 Å². The molecule has 1 amide bonds. The number of likely N-dealkylation sites (N-methyl/N-ethyl adjacent to an activating group) is 1. The van der Waals surface area contributed by atoms with E-state index < -0.39 is 0 Å². The number of hydrogen-bond donors (Lipinski definition) is 0. The first kappa shape index (κ1) is 17.8. The first-order valence-corrected chi connectivity index (χ1v) is 8.78. The second kappa shape index (κ2) is 8.92. The Hall–Kier alpha value is -1.55. The van der Waals surface area contributed by atoms with Crippen LogP contribution in [0.4, 0.5) is 0 Å². The second-order valence-electron chi connectivity index (χ2n) is 6.50. The van der Waals surface area contributed by atoms with E-state index in [-0.39, 0.29) is 5.91 Å². The maximum atomic E-state index is 12.5. The van der Waals surface area contributed by atoms with E-state index in [0.717, 1.165) is 43.7 Å². The molecule has 1 aromatic carbocycles. The highest BCUT2D eigenvalue weighted by atomic mass is 16.5. The van der Waals surface area contributed by atoms with Gasteiger partial charge in [-0.15, -0.1) is 0 Å². The Morgan fingerprint density at radius 1 is 1.35 bits per heavy atom. The van der Waals surface area contributed by atoms with Crippen molar-refractivity contribution in [3.63, 3.8) is 0 Å². The van der Waals surface area contributed by atoms with Crippen LogP contribution in [0.1, 0.15) is 38.2 Å². The molecule has 0 aromatic heterocycles. The summed E-state index contributed by atoms with van der Waals surface area (Å²) in [6, 6.07) is 8.46. The molecular weight excluding hydrogens is 288 g/mol. The number of likely N-dealkylation sites (tertiary alicyclic amines) is 1. The van der Waals surface area contributed by atoms with Crippen LogP contribution in [-0.4, -0.2) is 55.0 Å². The van der Waals surface area contributed by atoms with Gasteiger partial charge in [-0.1, -0.05) is 25.1 Å². The van der Waals surface area contributed by atoms with E-state index in [4.69, 9.17) is 4.74 Å². The third-order valence-corrected chi connectivity index (χ3v) is 4.65. The number of hydrogen-bond acceptors (Lipinski definition) is 3. The van der Waals surface area contributed by atoms with Gasteiger partial charge in [0.25, 0.3) is 0 Å². The van der Waals surface area contributed by atoms with Crippen molar-refractivity contribution in [3.8, 4) is 5.75 Å². The number of rotatable bonds is 7. The molecule has 128 valence electrons. The average molecular weight is 318 g/mol. The monoisotopic (exact) mass is 318 g/mol. The number of piperidine rings is 1. The van der Waals surface area contributed by atoms with Gasteiger partial charge in [-0.25, -0.2) is 0 Å². The molecule has 1 heterocycles. The number of benzene rings is 1. The molecule has 4 nitrogen and oxygen atoms in total. The molecule has 1 aromatic rings. The fourth-order valence-corrected chi connectivity index (χ4v) is 3.18. The highest BCUT2D eigenvalue weighted by Gasteiger charge is 2.25. The zero-order valence-electron chi connectivity index (χ0n) is 14.8. The Bertz CT molecular complexity index is 504. The van der Waals surface area contributed by atoms with Gasteiger partial charge in [0.2, 0.25) is 5.91 Å². The third-order valence-electron chi connectivity index (χ3n) is 4.65. The van der Waals surface area contributed by atoms with Gasteiger partial charge in [-0.2, -0.15) is 0 Å². The predicted molar refractivity (Wildman–Crippen MR) is 93.8 cm³/mol. The van der Waals surface area contributed by atoms with Crippen LogP contribution in [0, 0.1) is 6.92 Å². The van der Waals surface area contributed by atoms with E-state index >= 15 is 0 Å². The van der Waals surface area contributed by atoms with Crippen LogP contribution in [0.2, 0.25) is 0 Å². The largest absolute Gasteiger partial charge is 0.492 e. The zero-order valence-corrected chi connectivity index (χ0v) is 14.8. The smallest absolute Gasteiger partial charge is 0.236 e. The van der Waals surface area contributed by atoms with Crippen LogP contribution >= 0.6 is 0 Å². The molecule has 1 unspecified atom stereocenters. The minimum Gasteiger partial charge on any atom is -0.492 e. The zero-order chi connectivity index (χ0) is 16.7. The number of amides is 1. The Morgan fingerprint density at radius 3 is 2.87 bits per heavy atom. The Morgan fingerprint density at radius 2 is 2.13 bits per heavy atom. The Labute approximate surface area is 140 Å². The normalized spacial score (nSPS) is 18.3. The van der Waals surface area contributed by atoms with E-state index in [2.05, 4.69) is 16.7 Å². The molecule has 0 aliphatic carbocycles. The van der Waals surface area contributed by atoms with Gasteiger partial charge in [0.1, 0.15) is 12.4 Å². The van der Waals surface area contributed by atoms with E-state index in [1.165, 1.54) is 6.42 Å². The number of nitrogens with zero attached hydrogens (tertiary/aromatic N) is 2. The summed E-state index contributed by atoms with van der Waals surface area (Å²) in [5.41, 5.74) is 1.14. The maximum absolute atomic E-state index is 12.5. The Balaban J connectivity index is 1.74. The van der Waals surface area contributed by atoms with Crippen molar-refractivity contribution in [1.29, 1.82) is 0 Å². The van der Waals surface area contributed by atoms with E-state index in [9.17, 15) is 4.79 Å². The van der Waals surface area contributed by atoms with Crippen molar-refractivity contribution in [2.45, 2.75) is 45.6 Å². The van der Waals surface area contributed by atoms with Crippen molar-refractivity contribution >= 4 is 5.91 Å². The van der Waals surface area contributed by atoms with E-state index in [1.807, 2.05) is 38.2 Å². The number of carbonyl (C=O) groups excluding carboxylic acids is 1.